The number of nitrogens with zero attached hydrogens (tertiary/aromatic N) is 1. The van der Waals surface area contributed by atoms with Gasteiger partial charge in [0.2, 0.25) is 0 Å². The molecule has 1 aromatic rings. The maximum Gasteiger partial charge on any atom is 0.198 e. The van der Waals surface area contributed by atoms with Crippen molar-refractivity contribution in [2.45, 2.75) is 0 Å². The van der Waals surface area contributed by atoms with E-state index in [9.17, 15) is 4.79 Å². The van der Waals surface area contributed by atoms with Gasteiger partial charge in [0.25, 0.3) is 0 Å². The molecule has 0 unspecified atom stereocenters. The summed E-state index contributed by atoms with van der Waals surface area (Å²) >= 11 is 1.29. The second-order valence-electron chi connectivity index (χ2n) is 1.44. The molecular formula is C6H3NOS. The van der Waals surface area contributed by atoms with Gasteiger partial charge in [-0.25, -0.2) is 4.85 Å². The van der Waals surface area contributed by atoms with Gasteiger partial charge < -0.3 is 0 Å². The van der Waals surface area contributed by atoms with Crippen LogP contribution in [0.2, 0.25) is 0 Å². The van der Waals surface area contributed by atoms with Gasteiger partial charge in [0.15, 0.2) is 12.0 Å². The molecule has 0 aromatic carbocycles. The van der Waals surface area contributed by atoms with E-state index in [2.05, 4.69) is 4.85 Å². The van der Waals surface area contributed by atoms with Crippen LogP contribution in [0.25, 0.3) is 4.85 Å². The van der Waals surface area contributed by atoms with Crippen LogP contribution in [0.5, 0.6) is 0 Å². The minimum atomic E-state index is 0.544. The van der Waals surface area contributed by atoms with Crippen molar-refractivity contribution in [3.63, 3.8) is 0 Å². The van der Waals surface area contributed by atoms with Crippen LogP contribution in [-0.4, -0.2) is 6.29 Å². The van der Waals surface area contributed by atoms with Crippen LogP contribution in [0.15, 0.2) is 11.4 Å². The average Bonchev–Trinajstić information content (AvgIpc) is 2.34. The largest absolute Gasteiger partial charge is 0.297 e. The number of carbonyl (C=O) groups excluding carboxylic acids is 1. The van der Waals surface area contributed by atoms with E-state index in [-0.39, 0.29) is 0 Å². The Morgan fingerprint density at radius 3 is 2.89 bits per heavy atom. The molecule has 44 valence electrons. The molecule has 2 nitrogen and oxygen atoms in total. The fraction of sp³-hybridized carbons (Fsp3) is 0. The van der Waals surface area contributed by atoms with E-state index in [0.717, 1.165) is 6.29 Å². The lowest BCUT2D eigenvalue weighted by atomic mass is 10.5. The molecule has 1 rings (SSSR count). The van der Waals surface area contributed by atoms with Crippen LogP contribution in [0, 0.1) is 6.57 Å². The molecule has 0 aliphatic heterocycles. The highest BCUT2D eigenvalue weighted by Gasteiger charge is 1.94. The molecule has 1 heterocycles. The predicted octanol–water partition coefficient (Wildman–Crippen LogP) is 2.11. The minimum absolute atomic E-state index is 0.544. The van der Waals surface area contributed by atoms with E-state index < -0.39 is 0 Å². The standard InChI is InChI=1S/C6H3NOS/c1-7-5-2-6(3-8)9-4-5/h2-4H. The molecule has 0 N–H and O–H groups in total. The third-order valence-corrected chi connectivity index (χ3v) is 1.70. The van der Waals surface area contributed by atoms with Crippen molar-refractivity contribution in [2.75, 3.05) is 0 Å². The fourth-order valence-electron chi connectivity index (χ4n) is 0.463. The Morgan fingerprint density at radius 2 is 2.56 bits per heavy atom. The summed E-state index contributed by atoms with van der Waals surface area (Å²) in [7, 11) is 0. The van der Waals surface area contributed by atoms with Crippen molar-refractivity contribution in [1.82, 2.24) is 0 Å². The molecule has 0 aliphatic carbocycles. The summed E-state index contributed by atoms with van der Waals surface area (Å²) in [5.41, 5.74) is 0.544. The highest BCUT2D eigenvalue weighted by atomic mass is 32.1. The van der Waals surface area contributed by atoms with Gasteiger partial charge in [0.1, 0.15) is 0 Å². The second-order valence-corrected chi connectivity index (χ2v) is 2.38. The van der Waals surface area contributed by atoms with Crippen molar-refractivity contribution in [3.8, 4) is 0 Å². The SMILES string of the molecule is [C-]#[N+]c1csc(C=O)c1. The van der Waals surface area contributed by atoms with E-state index in [1.807, 2.05) is 0 Å². The molecule has 0 fully saturated rings. The summed E-state index contributed by atoms with van der Waals surface area (Å²) in [6.45, 7) is 6.55. The Hall–Kier alpha value is -1.14. The third-order valence-electron chi connectivity index (χ3n) is 0.851. The summed E-state index contributed by atoms with van der Waals surface area (Å²) in [5, 5.41) is 1.66. The van der Waals surface area contributed by atoms with E-state index in [4.69, 9.17) is 6.57 Å². The lowest BCUT2D eigenvalue weighted by molar-refractivity contribution is 0.112. The number of hydrogen-bond donors (Lipinski definition) is 0. The number of aldehydes is 1. The van der Waals surface area contributed by atoms with Crippen molar-refractivity contribution in [2.24, 2.45) is 0 Å². The highest BCUT2D eigenvalue weighted by molar-refractivity contribution is 7.12. The van der Waals surface area contributed by atoms with Crippen LogP contribution in [0.1, 0.15) is 9.67 Å². The number of carbonyl (C=O) groups is 1. The van der Waals surface area contributed by atoms with Crippen LogP contribution < -0.4 is 0 Å². The smallest absolute Gasteiger partial charge is 0.198 e. The van der Waals surface area contributed by atoms with Crippen molar-refractivity contribution in [1.29, 1.82) is 0 Å². The second kappa shape index (κ2) is 2.42. The normalized spacial score (nSPS) is 8.33. The van der Waals surface area contributed by atoms with Crippen molar-refractivity contribution >= 4 is 23.3 Å². The zero-order chi connectivity index (χ0) is 6.69. The van der Waals surface area contributed by atoms with Gasteiger partial charge in [0.05, 0.1) is 11.4 Å². The lowest BCUT2D eigenvalue weighted by Gasteiger charge is -1.69. The Balaban J connectivity index is 3.03. The van der Waals surface area contributed by atoms with Crippen LogP contribution >= 0.6 is 11.3 Å². The van der Waals surface area contributed by atoms with Gasteiger partial charge in [-0.3, -0.25) is 4.79 Å². The van der Waals surface area contributed by atoms with Gasteiger partial charge in [0, 0.05) is 0 Å². The molecule has 0 saturated carbocycles. The fourth-order valence-corrected chi connectivity index (χ4v) is 1.08. The Kier molecular flexibility index (Phi) is 1.61. The van der Waals surface area contributed by atoms with Crippen molar-refractivity contribution < 1.29 is 4.79 Å². The van der Waals surface area contributed by atoms with E-state index in [1.54, 1.807) is 11.4 Å². The van der Waals surface area contributed by atoms with E-state index >= 15 is 0 Å². The molecular weight excluding hydrogens is 134 g/mol. The first kappa shape index (κ1) is 5.99. The first-order valence-electron chi connectivity index (χ1n) is 2.28. The number of thiophene rings is 1. The first-order chi connectivity index (χ1) is 4.36. The third kappa shape index (κ3) is 1.15. The topological polar surface area (TPSA) is 21.4 Å². The molecule has 0 amide bonds. The Labute approximate surface area is 56.6 Å². The first-order valence-corrected chi connectivity index (χ1v) is 3.16. The molecule has 0 saturated heterocycles. The Morgan fingerprint density at radius 1 is 1.78 bits per heavy atom. The van der Waals surface area contributed by atoms with Crippen LogP contribution in [0.3, 0.4) is 0 Å². The Bertz CT molecular complexity index is 258. The summed E-state index contributed by atoms with van der Waals surface area (Å²) < 4.78 is 0. The summed E-state index contributed by atoms with van der Waals surface area (Å²) in [6, 6.07) is 1.57. The van der Waals surface area contributed by atoms with Crippen molar-refractivity contribution in [3.05, 3.63) is 27.7 Å². The highest BCUT2D eigenvalue weighted by Crippen LogP contribution is 2.19. The molecule has 0 radical (unpaired) electrons. The maximum absolute atomic E-state index is 10.0. The van der Waals surface area contributed by atoms with Gasteiger partial charge in [-0.2, -0.15) is 11.3 Å². The summed E-state index contributed by atoms with van der Waals surface area (Å²) in [5.74, 6) is 0. The number of hydrogen-bond acceptors (Lipinski definition) is 2. The minimum Gasteiger partial charge on any atom is -0.297 e. The monoisotopic (exact) mass is 137 g/mol. The van der Waals surface area contributed by atoms with E-state index in [1.165, 1.54) is 11.3 Å². The quantitative estimate of drug-likeness (QED) is 0.429. The molecule has 0 spiro atoms. The summed E-state index contributed by atoms with van der Waals surface area (Å²) in [6.07, 6.45) is 0.749. The van der Waals surface area contributed by atoms with E-state index in [0.29, 0.717) is 10.6 Å². The lowest BCUT2D eigenvalue weighted by Crippen LogP contribution is -1.62. The average molecular weight is 137 g/mol. The molecule has 0 bridgehead atoms. The van der Waals surface area contributed by atoms with Crippen LogP contribution in [0.4, 0.5) is 5.69 Å². The maximum atomic E-state index is 10.0. The van der Waals surface area contributed by atoms with Gasteiger partial charge in [-0.1, -0.05) is 0 Å². The predicted molar refractivity (Wildman–Crippen MR) is 36.0 cm³/mol. The van der Waals surface area contributed by atoms with Gasteiger partial charge >= 0.3 is 0 Å². The van der Waals surface area contributed by atoms with Crippen LogP contribution in [-0.2, 0) is 0 Å². The molecule has 3 heteroatoms. The molecule has 0 atom stereocenters. The zero-order valence-corrected chi connectivity index (χ0v) is 5.31. The molecule has 1 aromatic heterocycles. The molecule has 9 heavy (non-hydrogen) atoms. The summed E-state index contributed by atoms with van der Waals surface area (Å²) in [4.78, 5) is 13.8. The zero-order valence-electron chi connectivity index (χ0n) is 4.50. The van der Waals surface area contributed by atoms with Gasteiger partial charge in [-0.15, -0.1) is 0 Å². The molecule has 0 aliphatic rings. The van der Waals surface area contributed by atoms with Gasteiger partial charge in [-0.05, 0) is 11.4 Å². The number of rotatable bonds is 1.